The van der Waals surface area contributed by atoms with Gasteiger partial charge in [-0.05, 0) is 67.6 Å². The van der Waals surface area contributed by atoms with Crippen molar-refractivity contribution in [2.24, 2.45) is 0 Å². The minimum Gasteiger partial charge on any atom is -0.497 e. The number of hydrogen-bond donors (Lipinski definition) is 0. The maximum atomic E-state index is 13.3. The van der Waals surface area contributed by atoms with Crippen molar-refractivity contribution in [3.05, 3.63) is 47.5 Å². The van der Waals surface area contributed by atoms with Crippen LogP contribution in [0.2, 0.25) is 0 Å². The van der Waals surface area contributed by atoms with Crippen molar-refractivity contribution >= 4 is 21.4 Å². The van der Waals surface area contributed by atoms with Gasteiger partial charge >= 0.3 is 0 Å². The Balaban J connectivity index is 1.72. The Morgan fingerprint density at radius 3 is 2.46 bits per heavy atom. The molecule has 1 saturated heterocycles. The lowest BCUT2D eigenvalue weighted by Crippen LogP contribution is -2.30. The van der Waals surface area contributed by atoms with E-state index in [4.69, 9.17) is 4.74 Å². The van der Waals surface area contributed by atoms with Crippen LogP contribution in [0.3, 0.4) is 0 Å². The third-order valence-corrected chi connectivity index (χ3v) is 7.32. The molecule has 0 N–H and O–H groups in total. The summed E-state index contributed by atoms with van der Waals surface area (Å²) in [5.41, 5.74) is 3.75. The predicted octanol–water partition coefficient (Wildman–Crippen LogP) is 3.36. The summed E-state index contributed by atoms with van der Waals surface area (Å²) in [5, 5.41) is 0. The molecule has 0 spiro atoms. The zero-order valence-corrected chi connectivity index (χ0v) is 16.1. The van der Waals surface area contributed by atoms with Crippen molar-refractivity contribution in [2.45, 2.75) is 31.1 Å². The maximum Gasteiger partial charge on any atom is 0.264 e. The first-order chi connectivity index (χ1) is 12.5. The number of nitrogens with zero attached hydrogens (tertiary/aromatic N) is 2. The van der Waals surface area contributed by atoms with Gasteiger partial charge in [0, 0.05) is 25.3 Å². The topological polar surface area (TPSA) is 49.9 Å². The van der Waals surface area contributed by atoms with E-state index in [2.05, 4.69) is 17.0 Å². The first kappa shape index (κ1) is 17.2. The fraction of sp³-hybridized carbons (Fsp3) is 0.400. The van der Waals surface area contributed by atoms with E-state index in [0.29, 0.717) is 22.8 Å². The third-order valence-electron chi connectivity index (χ3n) is 5.34. The summed E-state index contributed by atoms with van der Waals surface area (Å²) in [6.07, 6.45) is 3.15. The Bertz CT molecular complexity index is 934. The van der Waals surface area contributed by atoms with E-state index in [-0.39, 0.29) is 0 Å². The molecule has 2 aromatic carbocycles. The van der Waals surface area contributed by atoms with Crippen LogP contribution in [-0.2, 0) is 16.4 Å². The molecule has 0 aromatic heterocycles. The molecule has 2 heterocycles. The summed E-state index contributed by atoms with van der Waals surface area (Å²) in [4.78, 5) is 2.68. The van der Waals surface area contributed by atoms with E-state index in [1.54, 1.807) is 29.6 Å². The predicted molar refractivity (Wildman–Crippen MR) is 104 cm³/mol. The van der Waals surface area contributed by atoms with Crippen molar-refractivity contribution in [3.63, 3.8) is 0 Å². The Morgan fingerprint density at radius 2 is 1.77 bits per heavy atom. The van der Waals surface area contributed by atoms with Gasteiger partial charge in [-0.3, -0.25) is 4.31 Å². The summed E-state index contributed by atoms with van der Waals surface area (Å²) in [5.74, 6) is 0.666. The second-order valence-electron chi connectivity index (χ2n) is 6.97. The average Bonchev–Trinajstić information content (AvgIpc) is 3.30. The fourth-order valence-corrected chi connectivity index (χ4v) is 5.62. The van der Waals surface area contributed by atoms with Crippen LogP contribution in [0, 0.1) is 6.92 Å². The Morgan fingerprint density at radius 1 is 1.00 bits per heavy atom. The normalized spacial score (nSPS) is 16.8. The number of benzene rings is 2. The van der Waals surface area contributed by atoms with Gasteiger partial charge in [-0.1, -0.05) is 6.07 Å². The maximum absolute atomic E-state index is 13.3. The standard InChI is InChI=1S/C20H24N2O3S/c1-15-13-18(25-2)7-8-20(15)26(23,24)22-12-9-16-5-6-17(14-19(16)22)21-10-3-4-11-21/h5-8,13-14H,3-4,9-12H2,1-2H3. The van der Waals surface area contributed by atoms with Crippen LogP contribution in [-0.4, -0.2) is 35.2 Å². The zero-order chi connectivity index (χ0) is 18.3. The quantitative estimate of drug-likeness (QED) is 0.826. The van der Waals surface area contributed by atoms with Gasteiger partial charge < -0.3 is 9.64 Å². The molecule has 0 unspecified atom stereocenters. The summed E-state index contributed by atoms with van der Waals surface area (Å²) in [7, 11) is -2.01. The third kappa shape index (κ3) is 2.82. The van der Waals surface area contributed by atoms with Crippen LogP contribution in [0.1, 0.15) is 24.0 Å². The van der Waals surface area contributed by atoms with Gasteiger partial charge in [-0.25, -0.2) is 8.42 Å². The van der Waals surface area contributed by atoms with Crippen LogP contribution in [0.15, 0.2) is 41.3 Å². The lowest BCUT2D eigenvalue weighted by atomic mass is 10.1. The lowest BCUT2D eigenvalue weighted by molar-refractivity contribution is 0.414. The highest BCUT2D eigenvalue weighted by Gasteiger charge is 2.32. The molecular weight excluding hydrogens is 348 g/mol. The van der Waals surface area contributed by atoms with Gasteiger partial charge in [0.1, 0.15) is 5.75 Å². The smallest absolute Gasteiger partial charge is 0.264 e. The van der Waals surface area contributed by atoms with E-state index in [0.717, 1.165) is 36.4 Å². The molecule has 2 aliphatic rings. The molecule has 6 heteroatoms. The highest BCUT2D eigenvalue weighted by molar-refractivity contribution is 7.93. The van der Waals surface area contributed by atoms with Gasteiger partial charge in [0.05, 0.1) is 17.7 Å². The number of sulfonamides is 1. The van der Waals surface area contributed by atoms with E-state index in [1.807, 2.05) is 13.0 Å². The second-order valence-corrected chi connectivity index (χ2v) is 8.80. The molecule has 1 fully saturated rings. The SMILES string of the molecule is COc1ccc(S(=O)(=O)N2CCc3ccc(N4CCCC4)cc32)c(C)c1. The molecule has 0 bridgehead atoms. The number of fused-ring (bicyclic) bond motifs is 1. The van der Waals surface area contributed by atoms with Crippen molar-refractivity contribution < 1.29 is 13.2 Å². The Labute approximate surface area is 155 Å². The summed E-state index contributed by atoms with van der Waals surface area (Å²) in [6, 6.07) is 11.4. The van der Waals surface area contributed by atoms with Crippen LogP contribution in [0.4, 0.5) is 11.4 Å². The first-order valence-electron chi connectivity index (χ1n) is 9.06. The van der Waals surface area contributed by atoms with E-state index < -0.39 is 10.0 Å². The fourth-order valence-electron chi connectivity index (χ4n) is 3.92. The summed E-state index contributed by atoms with van der Waals surface area (Å²) >= 11 is 0. The molecule has 2 aliphatic heterocycles. The largest absolute Gasteiger partial charge is 0.497 e. The van der Waals surface area contributed by atoms with Crippen molar-refractivity contribution in [1.82, 2.24) is 0 Å². The molecule has 5 nitrogen and oxygen atoms in total. The molecule has 4 rings (SSSR count). The van der Waals surface area contributed by atoms with E-state index in [1.165, 1.54) is 12.8 Å². The van der Waals surface area contributed by atoms with Crippen LogP contribution in [0.5, 0.6) is 5.75 Å². The number of aryl methyl sites for hydroxylation is 1. The Hall–Kier alpha value is -2.21. The first-order valence-corrected chi connectivity index (χ1v) is 10.5. The van der Waals surface area contributed by atoms with Gasteiger partial charge in [0.2, 0.25) is 0 Å². The zero-order valence-electron chi connectivity index (χ0n) is 15.2. The number of anilines is 2. The van der Waals surface area contributed by atoms with Crippen LogP contribution >= 0.6 is 0 Å². The van der Waals surface area contributed by atoms with E-state index >= 15 is 0 Å². The number of rotatable bonds is 4. The second kappa shape index (κ2) is 6.50. The lowest BCUT2D eigenvalue weighted by Gasteiger charge is -2.23. The molecule has 0 radical (unpaired) electrons. The van der Waals surface area contributed by atoms with Crippen molar-refractivity contribution in [1.29, 1.82) is 0 Å². The molecule has 0 amide bonds. The number of methoxy groups -OCH3 is 1. The van der Waals surface area contributed by atoms with Crippen molar-refractivity contribution in [3.8, 4) is 5.75 Å². The molecule has 26 heavy (non-hydrogen) atoms. The molecule has 138 valence electrons. The monoisotopic (exact) mass is 372 g/mol. The summed E-state index contributed by atoms with van der Waals surface area (Å²) < 4.78 is 33.4. The minimum atomic E-state index is -3.59. The van der Waals surface area contributed by atoms with Crippen LogP contribution in [0.25, 0.3) is 0 Å². The molecular formula is C20H24N2O3S. The number of ether oxygens (including phenoxy) is 1. The van der Waals surface area contributed by atoms with Gasteiger partial charge in [-0.2, -0.15) is 0 Å². The average molecular weight is 372 g/mol. The minimum absolute atomic E-state index is 0.345. The molecule has 0 saturated carbocycles. The molecule has 0 atom stereocenters. The highest BCUT2D eigenvalue weighted by Crippen LogP contribution is 2.37. The van der Waals surface area contributed by atoms with Crippen LogP contribution < -0.4 is 13.9 Å². The van der Waals surface area contributed by atoms with Gasteiger partial charge in [0.15, 0.2) is 0 Å². The molecule has 2 aromatic rings. The molecule has 0 aliphatic carbocycles. The van der Waals surface area contributed by atoms with Crippen molar-refractivity contribution in [2.75, 3.05) is 35.9 Å². The highest BCUT2D eigenvalue weighted by atomic mass is 32.2. The summed E-state index contributed by atoms with van der Waals surface area (Å²) in [6.45, 7) is 4.39. The Kier molecular flexibility index (Phi) is 4.31. The van der Waals surface area contributed by atoms with Gasteiger partial charge in [-0.15, -0.1) is 0 Å². The number of hydrogen-bond acceptors (Lipinski definition) is 4. The van der Waals surface area contributed by atoms with Gasteiger partial charge in [0.25, 0.3) is 10.0 Å². The van der Waals surface area contributed by atoms with E-state index in [9.17, 15) is 8.42 Å².